The van der Waals surface area contributed by atoms with Gasteiger partial charge >= 0.3 is 11.9 Å². The van der Waals surface area contributed by atoms with Crippen LogP contribution in [-0.4, -0.2) is 39.7 Å². The third kappa shape index (κ3) is 4.31. The molecule has 2 aromatic carbocycles. The molecular formula is C26H28N4O4. The summed E-state index contributed by atoms with van der Waals surface area (Å²) in [4.78, 5) is 34.7. The Bertz CT molecular complexity index is 1340. The van der Waals surface area contributed by atoms with Crippen LogP contribution in [0.15, 0.2) is 48.5 Å². The molecule has 2 N–H and O–H groups in total. The monoisotopic (exact) mass is 460 g/mol. The lowest BCUT2D eigenvalue weighted by Gasteiger charge is -2.12. The summed E-state index contributed by atoms with van der Waals surface area (Å²) >= 11 is 0. The summed E-state index contributed by atoms with van der Waals surface area (Å²) in [6.07, 6.45) is 1.83. The second-order valence-electron chi connectivity index (χ2n) is 8.03. The molecule has 0 aliphatic carbocycles. The second kappa shape index (κ2) is 9.91. The molecule has 34 heavy (non-hydrogen) atoms. The average Bonchev–Trinajstić information content (AvgIpc) is 3.13. The van der Waals surface area contributed by atoms with Crippen molar-refractivity contribution >= 4 is 40.0 Å². The topological polar surface area (TPSA) is 109 Å². The number of nitrogens with zero attached hydrogens (tertiary/aromatic N) is 3. The number of hydrogen-bond acceptors (Lipinski definition) is 7. The molecule has 0 bridgehead atoms. The summed E-state index contributed by atoms with van der Waals surface area (Å²) in [5.74, 6) is -0.471. The predicted molar refractivity (Wildman–Crippen MR) is 131 cm³/mol. The van der Waals surface area contributed by atoms with Crippen LogP contribution in [0.25, 0.3) is 27.9 Å². The van der Waals surface area contributed by atoms with Crippen molar-refractivity contribution < 1.29 is 19.1 Å². The number of esters is 2. The third-order valence-electron chi connectivity index (χ3n) is 5.94. The molecule has 4 aromatic rings. The fourth-order valence-corrected chi connectivity index (χ4v) is 3.88. The Labute approximate surface area is 197 Å². The lowest BCUT2D eigenvalue weighted by molar-refractivity contribution is 0.0435. The number of nitrogen functional groups attached to an aromatic ring is 1. The standard InChI is InChI=1S/C26H28N4O4/c1-4-16(5-2)15-34-26(32)21-22-24(29-20-10-8-7-9-19(20)28-22)30(23(21)27)18-13-11-17(12-14-18)25(31)33-6-3/h7-14,16H,4-6,15,27H2,1-3H3. The first-order chi connectivity index (χ1) is 16.5. The van der Waals surface area contributed by atoms with E-state index in [-0.39, 0.29) is 17.3 Å². The summed E-state index contributed by atoms with van der Waals surface area (Å²) in [6.45, 7) is 6.50. The molecule has 176 valence electrons. The number of aromatic nitrogens is 3. The fourth-order valence-electron chi connectivity index (χ4n) is 3.88. The van der Waals surface area contributed by atoms with Crippen molar-refractivity contribution in [1.82, 2.24) is 14.5 Å². The van der Waals surface area contributed by atoms with Crippen molar-refractivity contribution in [3.05, 3.63) is 59.7 Å². The van der Waals surface area contributed by atoms with Crippen LogP contribution in [0.4, 0.5) is 5.82 Å². The maximum atomic E-state index is 13.2. The van der Waals surface area contributed by atoms with E-state index in [2.05, 4.69) is 13.8 Å². The van der Waals surface area contributed by atoms with Crippen LogP contribution in [0, 0.1) is 5.92 Å². The molecule has 0 fully saturated rings. The second-order valence-corrected chi connectivity index (χ2v) is 8.03. The molecule has 4 rings (SSSR count). The van der Waals surface area contributed by atoms with Gasteiger partial charge in [-0.2, -0.15) is 0 Å². The Balaban J connectivity index is 1.84. The van der Waals surface area contributed by atoms with Gasteiger partial charge in [0, 0.05) is 5.69 Å². The lowest BCUT2D eigenvalue weighted by atomic mass is 10.1. The van der Waals surface area contributed by atoms with Crippen LogP contribution >= 0.6 is 0 Å². The van der Waals surface area contributed by atoms with Crippen LogP contribution in [0.2, 0.25) is 0 Å². The predicted octanol–water partition coefficient (Wildman–Crippen LogP) is 4.93. The van der Waals surface area contributed by atoms with Gasteiger partial charge < -0.3 is 15.2 Å². The van der Waals surface area contributed by atoms with E-state index in [1.165, 1.54) is 0 Å². The number of benzene rings is 2. The van der Waals surface area contributed by atoms with Crippen molar-refractivity contribution in [3.63, 3.8) is 0 Å². The fraction of sp³-hybridized carbons (Fsp3) is 0.308. The minimum Gasteiger partial charge on any atom is -0.462 e. The van der Waals surface area contributed by atoms with Crippen molar-refractivity contribution in [2.75, 3.05) is 18.9 Å². The number of ether oxygens (including phenoxy) is 2. The number of carbonyl (C=O) groups is 2. The van der Waals surface area contributed by atoms with E-state index in [1.54, 1.807) is 35.8 Å². The molecule has 2 heterocycles. The first-order valence-corrected chi connectivity index (χ1v) is 11.5. The van der Waals surface area contributed by atoms with Gasteiger partial charge in [0.2, 0.25) is 0 Å². The number of hydrogen-bond donors (Lipinski definition) is 1. The Kier molecular flexibility index (Phi) is 6.77. The molecule has 0 aliphatic rings. The van der Waals surface area contributed by atoms with Crippen molar-refractivity contribution in [1.29, 1.82) is 0 Å². The minimum atomic E-state index is -0.527. The summed E-state index contributed by atoms with van der Waals surface area (Å²) < 4.78 is 12.4. The van der Waals surface area contributed by atoms with Gasteiger partial charge in [0.25, 0.3) is 0 Å². The smallest absolute Gasteiger partial charge is 0.344 e. The van der Waals surface area contributed by atoms with Gasteiger partial charge in [-0.15, -0.1) is 0 Å². The highest BCUT2D eigenvalue weighted by molar-refractivity contribution is 6.09. The van der Waals surface area contributed by atoms with E-state index in [1.807, 2.05) is 24.3 Å². The van der Waals surface area contributed by atoms with Gasteiger partial charge in [-0.1, -0.05) is 38.8 Å². The molecule has 8 nitrogen and oxygen atoms in total. The Morgan fingerprint density at radius 3 is 2.18 bits per heavy atom. The summed E-state index contributed by atoms with van der Waals surface area (Å²) in [5.41, 5.74) is 9.91. The lowest BCUT2D eigenvalue weighted by Crippen LogP contribution is -2.15. The Hall–Kier alpha value is -3.94. The SMILES string of the molecule is CCOC(=O)c1ccc(-n2c(N)c(C(=O)OCC(CC)CC)c3nc4ccccc4nc32)cc1. The summed E-state index contributed by atoms with van der Waals surface area (Å²) in [6, 6.07) is 14.2. The van der Waals surface area contributed by atoms with Gasteiger partial charge in [0.1, 0.15) is 16.9 Å². The number of fused-ring (bicyclic) bond motifs is 2. The molecule has 0 saturated carbocycles. The van der Waals surface area contributed by atoms with Crippen molar-refractivity contribution in [3.8, 4) is 5.69 Å². The maximum absolute atomic E-state index is 13.2. The van der Waals surface area contributed by atoms with Crippen LogP contribution < -0.4 is 5.73 Å². The highest BCUT2D eigenvalue weighted by Gasteiger charge is 2.26. The van der Waals surface area contributed by atoms with Crippen LogP contribution in [0.3, 0.4) is 0 Å². The number of carbonyl (C=O) groups excluding carboxylic acids is 2. The van der Waals surface area contributed by atoms with E-state index in [0.717, 1.165) is 12.8 Å². The minimum absolute atomic E-state index is 0.184. The summed E-state index contributed by atoms with van der Waals surface area (Å²) in [7, 11) is 0. The zero-order valence-electron chi connectivity index (χ0n) is 19.6. The van der Waals surface area contributed by atoms with Gasteiger partial charge in [0.15, 0.2) is 5.65 Å². The van der Waals surface area contributed by atoms with E-state index < -0.39 is 11.9 Å². The number of rotatable bonds is 8. The normalized spacial score (nSPS) is 11.3. The molecule has 0 spiro atoms. The van der Waals surface area contributed by atoms with Gasteiger partial charge in [0.05, 0.1) is 29.8 Å². The number of para-hydroxylation sites is 2. The average molecular weight is 461 g/mol. The quantitative estimate of drug-likeness (QED) is 0.371. The summed E-state index contributed by atoms with van der Waals surface area (Å²) in [5, 5.41) is 0. The highest BCUT2D eigenvalue weighted by atomic mass is 16.5. The number of nitrogens with two attached hydrogens (primary N) is 1. The van der Waals surface area contributed by atoms with Crippen LogP contribution in [0.5, 0.6) is 0 Å². The van der Waals surface area contributed by atoms with Gasteiger partial charge in [-0.05, 0) is 49.2 Å². The Morgan fingerprint density at radius 1 is 0.912 bits per heavy atom. The van der Waals surface area contributed by atoms with Crippen molar-refractivity contribution in [2.24, 2.45) is 5.92 Å². The molecule has 2 aromatic heterocycles. The Morgan fingerprint density at radius 2 is 1.56 bits per heavy atom. The maximum Gasteiger partial charge on any atom is 0.344 e. The molecule has 0 atom stereocenters. The molecular weight excluding hydrogens is 432 g/mol. The van der Waals surface area contributed by atoms with Crippen LogP contribution in [-0.2, 0) is 9.47 Å². The van der Waals surface area contributed by atoms with E-state index in [0.29, 0.717) is 46.7 Å². The van der Waals surface area contributed by atoms with Gasteiger partial charge in [-0.25, -0.2) is 19.6 Å². The zero-order chi connectivity index (χ0) is 24.2. The van der Waals surface area contributed by atoms with Gasteiger partial charge in [-0.3, -0.25) is 4.57 Å². The molecule has 0 unspecified atom stereocenters. The highest BCUT2D eigenvalue weighted by Crippen LogP contribution is 2.32. The van der Waals surface area contributed by atoms with E-state index >= 15 is 0 Å². The third-order valence-corrected chi connectivity index (χ3v) is 5.94. The first-order valence-electron chi connectivity index (χ1n) is 11.5. The van der Waals surface area contributed by atoms with E-state index in [4.69, 9.17) is 25.2 Å². The molecule has 0 saturated heterocycles. The molecule has 0 radical (unpaired) electrons. The molecule has 0 amide bonds. The van der Waals surface area contributed by atoms with Crippen LogP contribution in [0.1, 0.15) is 54.3 Å². The molecule has 8 heteroatoms. The van der Waals surface area contributed by atoms with Crippen molar-refractivity contribution in [2.45, 2.75) is 33.6 Å². The molecule has 0 aliphatic heterocycles. The first kappa shape index (κ1) is 23.2. The number of anilines is 1. The zero-order valence-corrected chi connectivity index (χ0v) is 19.6. The van der Waals surface area contributed by atoms with E-state index in [9.17, 15) is 9.59 Å². The largest absolute Gasteiger partial charge is 0.462 e.